The van der Waals surface area contributed by atoms with E-state index in [0.717, 1.165) is 30.2 Å². The van der Waals surface area contributed by atoms with Crippen LogP contribution in [0.15, 0.2) is 29.2 Å². The number of rotatable bonds is 6. The summed E-state index contributed by atoms with van der Waals surface area (Å²) in [4.78, 5) is 19.1. The largest absolute Gasteiger partial charge is 0.393 e. The Balaban J connectivity index is 3.06. The number of nitrogens with two attached hydrogens (primary N) is 1. The third kappa shape index (κ3) is 3.57. The molecule has 1 aromatic rings. The molecule has 0 saturated heterocycles. The van der Waals surface area contributed by atoms with Gasteiger partial charge < -0.3 is 20.6 Å². The van der Waals surface area contributed by atoms with Crippen LogP contribution in [-0.4, -0.2) is 26.1 Å². The molecule has 0 amide bonds. The molecule has 0 bridgehead atoms. The first kappa shape index (κ1) is 15.7. The fourth-order valence-electron chi connectivity index (χ4n) is 1.45. The van der Waals surface area contributed by atoms with Crippen LogP contribution in [0.25, 0.3) is 0 Å². The van der Waals surface area contributed by atoms with Gasteiger partial charge in [-0.05, 0) is 18.1 Å². The third-order valence-corrected chi connectivity index (χ3v) is 5.71. The van der Waals surface area contributed by atoms with E-state index in [0.29, 0.717) is 4.90 Å². The van der Waals surface area contributed by atoms with Gasteiger partial charge in [0, 0.05) is 4.90 Å². The van der Waals surface area contributed by atoms with Crippen molar-refractivity contribution in [3.05, 3.63) is 29.8 Å². The normalized spacial score (nSPS) is 15.4. The Hall–Kier alpha value is -0.360. The predicted octanol–water partition coefficient (Wildman–Crippen LogP) is 1.51. The van der Waals surface area contributed by atoms with Gasteiger partial charge in [0.1, 0.15) is 0 Å². The van der Waals surface area contributed by atoms with Crippen LogP contribution < -0.4 is 5.73 Å². The molecule has 1 aromatic carbocycles. The first-order valence-electron chi connectivity index (χ1n) is 5.56. The highest BCUT2D eigenvalue weighted by molar-refractivity contribution is 8.06. The molecule has 1 atom stereocenters. The van der Waals surface area contributed by atoms with Crippen molar-refractivity contribution in [1.29, 1.82) is 0 Å². The van der Waals surface area contributed by atoms with E-state index < -0.39 is 18.8 Å². The summed E-state index contributed by atoms with van der Waals surface area (Å²) in [7, 11) is -4.60. The molecule has 0 aliphatic heterocycles. The molecule has 1 rings (SSSR count). The molecule has 5 nitrogen and oxygen atoms in total. The molecule has 0 heterocycles. The van der Waals surface area contributed by atoms with Crippen LogP contribution in [0.3, 0.4) is 0 Å². The predicted molar refractivity (Wildman–Crippen MR) is 72.3 cm³/mol. The zero-order chi connectivity index (χ0) is 13.8. The zero-order valence-corrected chi connectivity index (χ0v) is 11.8. The van der Waals surface area contributed by atoms with Gasteiger partial charge >= 0.3 is 7.60 Å². The second kappa shape index (κ2) is 6.19. The first-order chi connectivity index (χ1) is 8.34. The van der Waals surface area contributed by atoms with Crippen LogP contribution >= 0.6 is 19.4 Å². The van der Waals surface area contributed by atoms with Crippen LogP contribution in [0.5, 0.6) is 0 Å². The van der Waals surface area contributed by atoms with Crippen molar-refractivity contribution in [2.75, 3.05) is 6.61 Å². The smallest absolute Gasteiger partial charge is 0.358 e. The summed E-state index contributed by atoms with van der Waals surface area (Å²) >= 11 is 0.829. The molecule has 7 heteroatoms. The highest BCUT2D eigenvalue weighted by atomic mass is 32.2. The van der Waals surface area contributed by atoms with E-state index in [-0.39, 0.29) is 0 Å². The van der Waals surface area contributed by atoms with Gasteiger partial charge in [0.2, 0.25) is 0 Å². The van der Waals surface area contributed by atoms with E-state index in [4.69, 9.17) is 10.8 Å². The second-order valence-corrected chi connectivity index (χ2v) is 7.57. The minimum absolute atomic E-state index is 0.694. The average Bonchev–Trinajstić information content (AvgIpc) is 2.30. The Bertz CT molecular complexity index is 450. The Morgan fingerprint density at radius 2 is 2.00 bits per heavy atom. The molecule has 0 radical (unpaired) electrons. The topological polar surface area (TPSA) is 104 Å². The van der Waals surface area contributed by atoms with Crippen molar-refractivity contribution in [1.82, 2.24) is 0 Å². The fourth-order valence-corrected chi connectivity index (χ4v) is 3.30. The molecule has 1 unspecified atom stereocenters. The molecule has 0 aliphatic carbocycles. The van der Waals surface area contributed by atoms with Gasteiger partial charge in [0.15, 0.2) is 4.61 Å². The van der Waals surface area contributed by atoms with Crippen LogP contribution in [0.4, 0.5) is 0 Å². The van der Waals surface area contributed by atoms with Gasteiger partial charge in [0.25, 0.3) is 0 Å². The van der Waals surface area contributed by atoms with Crippen LogP contribution in [0.1, 0.15) is 18.9 Å². The quantitative estimate of drug-likeness (QED) is 0.360. The number of aliphatic hydroxyl groups is 1. The van der Waals surface area contributed by atoms with Gasteiger partial charge in [-0.3, -0.25) is 4.57 Å². The maximum absolute atomic E-state index is 11.3. The Morgan fingerprint density at radius 1 is 1.39 bits per heavy atom. The standard InChI is InChI=1S/C11H18NO4PS/c1-2-5-9-6-3-4-7-10(9)18-11(12,8-13)17(14,15)16/h3-4,6-7,13H,2,5,8,12H2,1H3,(H2,14,15,16). The minimum atomic E-state index is -4.60. The molecule has 18 heavy (non-hydrogen) atoms. The van der Waals surface area contributed by atoms with Crippen molar-refractivity contribution >= 4 is 19.4 Å². The lowest BCUT2D eigenvalue weighted by atomic mass is 10.1. The molecule has 0 aliphatic rings. The van der Waals surface area contributed by atoms with Crippen molar-refractivity contribution in [2.45, 2.75) is 29.3 Å². The maximum Gasteiger partial charge on any atom is 0.358 e. The number of aliphatic hydroxyl groups excluding tert-OH is 1. The SMILES string of the molecule is CCCc1ccccc1SC(N)(CO)P(=O)(O)O. The zero-order valence-electron chi connectivity index (χ0n) is 10.1. The number of aryl methyl sites for hydroxylation is 1. The minimum Gasteiger partial charge on any atom is -0.393 e. The number of hydrogen-bond donors (Lipinski definition) is 4. The van der Waals surface area contributed by atoms with Gasteiger partial charge in [-0.1, -0.05) is 43.3 Å². The number of benzene rings is 1. The summed E-state index contributed by atoms with van der Waals surface area (Å²) in [5.74, 6) is 0. The van der Waals surface area contributed by atoms with Crippen molar-refractivity contribution < 1.29 is 19.5 Å². The molecule has 0 fully saturated rings. The number of hydrogen-bond acceptors (Lipinski definition) is 4. The molecular formula is C11H18NO4PS. The van der Waals surface area contributed by atoms with Crippen molar-refractivity contribution in [2.24, 2.45) is 5.73 Å². The molecule has 0 spiro atoms. The number of thioether (sulfide) groups is 1. The maximum atomic E-state index is 11.3. The second-order valence-electron chi connectivity index (χ2n) is 4.01. The van der Waals surface area contributed by atoms with E-state index in [2.05, 4.69) is 0 Å². The van der Waals surface area contributed by atoms with Gasteiger partial charge in [0.05, 0.1) is 6.61 Å². The van der Waals surface area contributed by atoms with E-state index in [1.54, 1.807) is 12.1 Å². The average molecular weight is 291 g/mol. The lowest BCUT2D eigenvalue weighted by Crippen LogP contribution is -2.39. The van der Waals surface area contributed by atoms with Gasteiger partial charge in [-0.15, -0.1) is 0 Å². The third-order valence-electron chi connectivity index (χ3n) is 2.50. The van der Waals surface area contributed by atoms with Gasteiger partial charge in [-0.2, -0.15) is 0 Å². The molecule has 0 saturated carbocycles. The summed E-state index contributed by atoms with van der Waals surface area (Å²) in [6, 6.07) is 7.29. The fraction of sp³-hybridized carbons (Fsp3) is 0.455. The Kier molecular flexibility index (Phi) is 5.40. The molecular weight excluding hydrogens is 273 g/mol. The highest BCUT2D eigenvalue weighted by Gasteiger charge is 2.44. The monoisotopic (exact) mass is 291 g/mol. The summed E-state index contributed by atoms with van der Waals surface area (Å²) in [6.45, 7) is 1.23. The van der Waals surface area contributed by atoms with E-state index in [1.807, 2.05) is 19.1 Å². The molecule has 0 aromatic heterocycles. The van der Waals surface area contributed by atoms with Crippen molar-refractivity contribution in [3.8, 4) is 0 Å². The lowest BCUT2D eigenvalue weighted by molar-refractivity contribution is 0.254. The Labute approximate surface area is 111 Å². The van der Waals surface area contributed by atoms with Crippen LogP contribution in [-0.2, 0) is 11.0 Å². The van der Waals surface area contributed by atoms with E-state index in [1.165, 1.54) is 0 Å². The van der Waals surface area contributed by atoms with Crippen molar-refractivity contribution in [3.63, 3.8) is 0 Å². The van der Waals surface area contributed by atoms with E-state index >= 15 is 0 Å². The molecule has 102 valence electrons. The first-order valence-corrected chi connectivity index (χ1v) is 7.99. The summed E-state index contributed by atoms with van der Waals surface area (Å²) < 4.78 is 9.36. The van der Waals surface area contributed by atoms with Crippen LogP contribution in [0.2, 0.25) is 0 Å². The van der Waals surface area contributed by atoms with E-state index in [9.17, 15) is 14.4 Å². The van der Waals surface area contributed by atoms with Crippen LogP contribution in [0, 0.1) is 0 Å². The highest BCUT2D eigenvalue weighted by Crippen LogP contribution is 2.55. The summed E-state index contributed by atoms with van der Waals surface area (Å²) in [6.07, 6.45) is 1.72. The summed E-state index contributed by atoms with van der Waals surface area (Å²) in [5.41, 5.74) is 6.60. The lowest BCUT2D eigenvalue weighted by Gasteiger charge is -2.28. The van der Waals surface area contributed by atoms with Gasteiger partial charge in [-0.25, -0.2) is 0 Å². The Morgan fingerprint density at radius 3 is 2.50 bits per heavy atom. The summed E-state index contributed by atoms with van der Waals surface area (Å²) in [5, 5.41) is 9.16. The molecule has 5 N–H and O–H groups in total.